The zero-order valence-electron chi connectivity index (χ0n) is 17.9. The van der Waals surface area contributed by atoms with Crippen molar-refractivity contribution in [2.24, 2.45) is 7.05 Å². The Labute approximate surface area is 186 Å². The maximum atomic E-state index is 13.6. The topological polar surface area (TPSA) is 68.8 Å². The van der Waals surface area contributed by atoms with E-state index in [0.717, 1.165) is 42.8 Å². The van der Waals surface area contributed by atoms with Crippen LogP contribution in [-0.2, 0) is 13.5 Å². The van der Waals surface area contributed by atoms with E-state index in [1.165, 1.54) is 11.1 Å². The molecule has 0 aliphatic carbocycles. The Balaban J connectivity index is 1.37. The van der Waals surface area contributed by atoms with E-state index in [-0.39, 0.29) is 23.8 Å². The minimum absolute atomic E-state index is 0.0302. The SMILES string of the molecule is Cn1nc2c(c1-c1ccccc1)C[C@H]1CCC[C@@H]2N1C(=O)c1ncn(-c2ccccc2)n1. The number of benzene rings is 2. The van der Waals surface area contributed by atoms with Crippen molar-refractivity contribution in [3.63, 3.8) is 0 Å². The van der Waals surface area contributed by atoms with Gasteiger partial charge in [0, 0.05) is 24.2 Å². The molecule has 2 aliphatic rings. The minimum Gasteiger partial charge on any atom is -0.324 e. The fourth-order valence-corrected chi connectivity index (χ4v) is 5.29. The van der Waals surface area contributed by atoms with Crippen LogP contribution in [0.15, 0.2) is 67.0 Å². The summed E-state index contributed by atoms with van der Waals surface area (Å²) in [4.78, 5) is 19.9. The molecule has 2 aromatic heterocycles. The van der Waals surface area contributed by atoms with Crippen molar-refractivity contribution in [1.82, 2.24) is 29.4 Å². The van der Waals surface area contributed by atoms with Gasteiger partial charge in [0.1, 0.15) is 6.33 Å². The lowest BCUT2D eigenvalue weighted by Crippen LogP contribution is -2.50. The summed E-state index contributed by atoms with van der Waals surface area (Å²) >= 11 is 0. The van der Waals surface area contributed by atoms with Gasteiger partial charge in [-0.3, -0.25) is 9.48 Å². The summed E-state index contributed by atoms with van der Waals surface area (Å²) in [6.45, 7) is 0. The van der Waals surface area contributed by atoms with Crippen LogP contribution in [0.3, 0.4) is 0 Å². The molecule has 1 fully saturated rings. The fraction of sp³-hybridized carbons (Fsp3) is 0.280. The Bertz CT molecular complexity index is 1280. The third kappa shape index (κ3) is 2.96. The molecule has 2 bridgehead atoms. The highest BCUT2D eigenvalue weighted by atomic mass is 16.2. The van der Waals surface area contributed by atoms with E-state index in [1.807, 2.05) is 53.0 Å². The molecule has 6 rings (SSSR count). The third-order valence-corrected chi connectivity index (χ3v) is 6.66. The van der Waals surface area contributed by atoms with Crippen molar-refractivity contribution in [3.8, 4) is 16.9 Å². The summed E-state index contributed by atoms with van der Waals surface area (Å²) in [5.41, 5.74) is 5.52. The molecule has 0 N–H and O–H groups in total. The predicted molar refractivity (Wildman–Crippen MR) is 120 cm³/mol. The maximum Gasteiger partial charge on any atom is 0.294 e. The van der Waals surface area contributed by atoms with E-state index < -0.39 is 0 Å². The van der Waals surface area contributed by atoms with Crippen LogP contribution in [0.1, 0.15) is 47.2 Å². The van der Waals surface area contributed by atoms with Gasteiger partial charge in [-0.15, -0.1) is 5.10 Å². The van der Waals surface area contributed by atoms with Crippen molar-refractivity contribution in [2.45, 2.75) is 37.8 Å². The van der Waals surface area contributed by atoms with E-state index in [9.17, 15) is 4.79 Å². The molecule has 0 radical (unpaired) electrons. The lowest BCUT2D eigenvalue weighted by Gasteiger charge is -2.44. The molecule has 2 aliphatic heterocycles. The Kier molecular flexibility index (Phi) is 4.41. The third-order valence-electron chi connectivity index (χ3n) is 6.66. The highest BCUT2D eigenvalue weighted by Gasteiger charge is 2.44. The number of aromatic nitrogens is 5. The molecule has 2 atom stereocenters. The van der Waals surface area contributed by atoms with Gasteiger partial charge in [0.2, 0.25) is 5.82 Å². The van der Waals surface area contributed by atoms with Gasteiger partial charge in [0.05, 0.1) is 23.1 Å². The molecule has 4 aromatic rings. The number of piperidine rings is 1. The van der Waals surface area contributed by atoms with Gasteiger partial charge >= 0.3 is 0 Å². The number of para-hydroxylation sites is 1. The highest BCUT2D eigenvalue weighted by molar-refractivity contribution is 5.91. The van der Waals surface area contributed by atoms with E-state index >= 15 is 0 Å². The predicted octanol–water partition coefficient (Wildman–Crippen LogP) is 3.96. The number of hydrogen-bond acceptors (Lipinski definition) is 4. The molecule has 4 heterocycles. The Morgan fingerprint density at radius 1 is 0.969 bits per heavy atom. The van der Waals surface area contributed by atoms with Crippen LogP contribution < -0.4 is 0 Å². The largest absolute Gasteiger partial charge is 0.324 e. The first-order valence-corrected chi connectivity index (χ1v) is 11.1. The molecule has 2 aromatic carbocycles. The maximum absolute atomic E-state index is 13.6. The first kappa shape index (κ1) is 19.0. The lowest BCUT2D eigenvalue weighted by molar-refractivity contribution is 0.0379. The molecule has 32 heavy (non-hydrogen) atoms. The van der Waals surface area contributed by atoms with Crippen molar-refractivity contribution in [1.29, 1.82) is 0 Å². The molecule has 7 nitrogen and oxygen atoms in total. The van der Waals surface area contributed by atoms with Crippen molar-refractivity contribution < 1.29 is 4.79 Å². The van der Waals surface area contributed by atoms with Crippen LogP contribution in [0.4, 0.5) is 0 Å². The Morgan fingerprint density at radius 3 is 2.50 bits per heavy atom. The summed E-state index contributed by atoms with van der Waals surface area (Å²) < 4.78 is 3.64. The number of nitrogens with zero attached hydrogens (tertiary/aromatic N) is 6. The summed E-state index contributed by atoms with van der Waals surface area (Å²) in [5, 5.41) is 9.40. The van der Waals surface area contributed by atoms with Crippen molar-refractivity contribution in [3.05, 3.63) is 84.1 Å². The Morgan fingerprint density at radius 2 is 1.72 bits per heavy atom. The fourth-order valence-electron chi connectivity index (χ4n) is 5.29. The number of hydrogen-bond donors (Lipinski definition) is 0. The minimum atomic E-state index is -0.105. The monoisotopic (exact) mass is 424 g/mol. The Hall–Kier alpha value is -3.74. The molecular weight excluding hydrogens is 400 g/mol. The summed E-state index contributed by atoms with van der Waals surface area (Å²) in [7, 11) is 2.00. The van der Waals surface area contributed by atoms with Gasteiger partial charge < -0.3 is 4.90 Å². The smallest absolute Gasteiger partial charge is 0.294 e. The number of rotatable bonds is 3. The quantitative estimate of drug-likeness (QED) is 0.499. The van der Waals surface area contributed by atoms with Gasteiger partial charge in [-0.25, -0.2) is 9.67 Å². The number of amides is 1. The number of fused-ring (bicyclic) bond motifs is 4. The number of aryl methyl sites for hydroxylation is 1. The van der Waals surface area contributed by atoms with Crippen LogP contribution in [-0.4, -0.2) is 41.4 Å². The zero-order valence-corrected chi connectivity index (χ0v) is 17.9. The molecule has 0 unspecified atom stereocenters. The summed E-state index contributed by atoms with van der Waals surface area (Å²) in [6, 6.07) is 20.3. The molecular formula is C25H24N6O. The average molecular weight is 425 g/mol. The lowest BCUT2D eigenvalue weighted by atomic mass is 9.81. The highest BCUT2D eigenvalue weighted by Crippen LogP contribution is 2.44. The van der Waals surface area contributed by atoms with Gasteiger partial charge in [0.15, 0.2) is 0 Å². The second kappa shape index (κ2) is 7.44. The van der Waals surface area contributed by atoms with Crippen LogP contribution in [0.2, 0.25) is 0 Å². The van der Waals surface area contributed by atoms with Crippen LogP contribution in [0, 0.1) is 0 Å². The summed E-state index contributed by atoms with van der Waals surface area (Å²) in [6.07, 6.45) is 5.43. The van der Waals surface area contributed by atoms with Crippen LogP contribution >= 0.6 is 0 Å². The standard InChI is InChI=1S/C25H24N6O/c1-29-23(17-9-4-2-5-10-17)20-15-19-13-8-14-21(22(20)27-29)31(19)25(32)24-26-16-30(28-24)18-11-6-3-7-12-18/h2-7,9-12,16,19,21H,8,13-15H2,1H3/t19-,21+/m1/s1. The number of carbonyl (C=O) groups excluding carboxylic acids is 1. The summed E-state index contributed by atoms with van der Waals surface area (Å²) in [5.74, 6) is 0.139. The molecule has 160 valence electrons. The molecule has 1 saturated heterocycles. The average Bonchev–Trinajstić information content (AvgIpc) is 3.44. The second-order valence-corrected chi connectivity index (χ2v) is 8.57. The second-order valence-electron chi connectivity index (χ2n) is 8.57. The normalized spacial score (nSPS) is 19.6. The molecule has 0 saturated carbocycles. The van der Waals surface area contributed by atoms with Crippen LogP contribution in [0.25, 0.3) is 16.9 Å². The van der Waals surface area contributed by atoms with E-state index in [4.69, 9.17) is 5.10 Å². The van der Waals surface area contributed by atoms with Crippen LogP contribution in [0.5, 0.6) is 0 Å². The van der Waals surface area contributed by atoms with Gasteiger partial charge in [-0.1, -0.05) is 48.5 Å². The number of carbonyl (C=O) groups is 1. The molecule has 7 heteroatoms. The van der Waals surface area contributed by atoms with E-state index in [1.54, 1.807) is 11.0 Å². The van der Waals surface area contributed by atoms with E-state index in [0.29, 0.717) is 0 Å². The first-order chi connectivity index (χ1) is 15.7. The van der Waals surface area contributed by atoms with Crippen molar-refractivity contribution >= 4 is 5.91 Å². The molecule has 0 spiro atoms. The first-order valence-electron chi connectivity index (χ1n) is 11.1. The van der Waals surface area contributed by atoms with E-state index in [2.05, 4.69) is 34.3 Å². The molecule has 1 amide bonds. The van der Waals surface area contributed by atoms with Gasteiger partial charge in [-0.2, -0.15) is 5.10 Å². The van der Waals surface area contributed by atoms with Crippen molar-refractivity contribution in [2.75, 3.05) is 0 Å². The van der Waals surface area contributed by atoms with Gasteiger partial charge in [0.25, 0.3) is 5.91 Å². The zero-order chi connectivity index (χ0) is 21.7. The van der Waals surface area contributed by atoms with Gasteiger partial charge in [-0.05, 0) is 37.8 Å².